The van der Waals surface area contributed by atoms with Gasteiger partial charge in [-0.2, -0.15) is 0 Å². The van der Waals surface area contributed by atoms with Gasteiger partial charge in [-0.3, -0.25) is 0 Å². The third kappa shape index (κ3) is 5.45. The standard InChI is InChI=1S/C23H22O5S/c1-17(16-29(26,27)14-13-18-7-3-2-4-8-18)19-9-5-11-21-20(19)10-6-12-22(21)28-15-23(24)25/h2-14,17H,15-16H2,1H3,(H,24,25). The number of carboxylic acid groups (broad SMARTS) is 1. The van der Waals surface area contributed by atoms with E-state index in [-0.39, 0.29) is 11.7 Å². The lowest BCUT2D eigenvalue weighted by molar-refractivity contribution is -0.139. The zero-order valence-corrected chi connectivity index (χ0v) is 16.8. The Hall–Kier alpha value is -3.12. The van der Waals surface area contributed by atoms with Gasteiger partial charge in [0.25, 0.3) is 0 Å². The minimum absolute atomic E-state index is 0.0321. The van der Waals surface area contributed by atoms with Crippen molar-refractivity contribution < 1.29 is 23.1 Å². The molecule has 5 nitrogen and oxygen atoms in total. The van der Waals surface area contributed by atoms with Crippen LogP contribution in [0.15, 0.2) is 72.1 Å². The largest absolute Gasteiger partial charge is 0.481 e. The second kappa shape index (κ2) is 8.92. The van der Waals surface area contributed by atoms with Crippen molar-refractivity contribution in [1.82, 2.24) is 0 Å². The number of hydrogen-bond donors (Lipinski definition) is 1. The van der Waals surface area contributed by atoms with Crippen LogP contribution in [0.25, 0.3) is 16.8 Å². The van der Waals surface area contributed by atoms with E-state index in [0.29, 0.717) is 5.75 Å². The van der Waals surface area contributed by atoms with E-state index in [2.05, 4.69) is 0 Å². The van der Waals surface area contributed by atoms with Gasteiger partial charge < -0.3 is 9.84 Å². The molecular formula is C23H22O5S. The molecule has 3 rings (SSSR count). The molecule has 1 atom stereocenters. The van der Waals surface area contributed by atoms with Gasteiger partial charge in [0.2, 0.25) is 0 Å². The molecule has 0 heterocycles. The number of benzene rings is 3. The van der Waals surface area contributed by atoms with E-state index in [1.165, 1.54) is 5.41 Å². The Morgan fingerprint density at radius 2 is 1.69 bits per heavy atom. The number of rotatable bonds is 8. The maximum atomic E-state index is 12.6. The molecule has 0 bridgehead atoms. The number of aliphatic carboxylic acids is 1. The van der Waals surface area contributed by atoms with Crippen LogP contribution < -0.4 is 4.74 Å². The van der Waals surface area contributed by atoms with Gasteiger partial charge >= 0.3 is 5.97 Å². The predicted molar refractivity (Wildman–Crippen MR) is 115 cm³/mol. The van der Waals surface area contributed by atoms with E-state index in [4.69, 9.17) is 9.84 Å². The Bertz CT molecular complexity index is 1130. The quantitative estimate of drug-likeness (QED) is 0.592. The summed E-state index contributed by atoms with van der Waals surface area (Å²) in [6.45, 7) is 1.44. The van der Waals surface area contributed by atoms with Crippen molar-refractivity contribution in [3.05, 3.63) is 83.3 Å². The number of fused-ring (bicyclic) bond motifs is 1. The average Bonchev–Trinajstić information content (AvgIpc) is 2.70. The van der Waals surface area contributed by atoms with Crippen LogP contribution in [0.1, 0.15) is 24.0 Å². The van der Waals surface area contributed by atoms with Crippen molar-refractivity contribution in [2.75, 3.05) is 12.4 Å². The zero-order chi connectivity index (χ0) is 20.9. The molecule has 0 aliphatic carbocycles. The molecule has 0 aromatic heterocycles. The Kier molecular flexibility index (Phi) is 6.34. The van der Waals surface area contributed by atoms with Gasteiger partial charge in [0.05, 0.1) is 5.75 Å². The second-order valence-electron chi connectivity index (χ2n) is 6.82. The molecule has 150 valence electrons. The fourth-order valence-corrected chi connectivity index (χ4v) is 4.59. The maximum absolute atomic E-state index is 12.6. The van der Waals surface area contributed by atoms with Gasteiger partial charge in [-0.05, 0) is 34.6 Å². The molecule has 0 aliphatic heterocycles. The molecule has 0 saturated carbocycles. The Morgan fingerprint density at radius 1 is 1.00 bits per heavy atom. The van der Waals surface area contributed by atoms with E-state index in [1.807, 2.05) is 61.5 Å². The molecule has 1 N–H and O–H groups in total. The molecule has 0 amide bonds. The molecule has 3 aromatic carbocycles. The molecule has 6 heteroatoms. The van der Waals surface area contributed by atoms with E-state index in [0.717, 1.165) is 21.9 Å². The van der Waals surface area contributed by atoms with Crippen LogP contribution in [0.2, 0.25) is 0 Å². The summed E-state index contributed by atoms with van der Waals surface area (Å²) >= 11 is 0. The summed E-state index contributed by atoms with van der Waals surface area (Å²) in [7, 11) is -3.42. The highest BCUT2D eigenvalue weighted by Crippen LogP contribution is 2.32. The predicted octanol–water partition coefficient (Wildman–Crippen LogP) is 4.49. The number of hydrogen-bond acceptors (Lipinski definition) is 4. The lowest BCUT2D eigenvalue weighted by Crippen LogP contribution is -2.11. The Labute approximate surface area is 170 Å². The van der Waals surface area contributed by atoms with Crippen molar-refractivity contribution in [1.29, 1.82) is 0 Å². The van der Waals surface area contributed by atoms with E-state index < -0.39 is 22.4 Å². The fraction of sp³-hybridized carbons (Fsp3) is 0.174. The first-order valence-electron chi connectivity index (χ1n) is 9.18. The van der Waals surface area contributed by atoms with E-state index in [1.54, 1.807) is 18.2 Å². The van der Waals surface area contributed by atoms with Crippen LogP contribution in [0, 0.1) is 0 Å². The highest BCUT2D eigenvalue weighted by Gasteiger charge is 2.18. The van der Waals surface area contributed by atoms with Crippen LogP contribution >= 0.6 is 0 Å². The van der Waals surface area contributed by atoms with Gasteiger partial charge in [-0.25, -0.2) is 13.2 Å². The monoisotopic (exact) mass is 410 g/mol. The number of sulfone groups is 1. The van der Waals surface area contributed by atoms with Gasteiger partial charge in [-0.1, -0.05) is 67.6 Å². The van der Waals surface area contributed by atoms with Crippen molar-refractivity contribution in [3.8, 4) is 5.75 Å². The van der Waals surface area contributed by atoms with Crippen LogP contribution in [-0.4, -0.2) is 31.9 Å². The second-order valence-corrected chi connectivity index (χ2v) is 8.76. The number of carbonyl (C=O) groups is 1. The normalized spacial score (nSPS) is 12.9. The number of ether oxygens (including phenoxy) is 1. The molecule has 0 saturated heterocycles. The molecule has 0 aliphatic rings. The van der Waals surface area contributed by atoms with Crippen molar-refractivity contribution >= 4 is 32.7 Å². The van der Waals surface area contributed by atoms with Crippen molar-refractivity contribution in [3.63, 3.8) is 0 Å². The summed E-state index contributed by atoms with van der Waals surface area (Å²) < 4.78 is 30.6. The average molecular weight is 410 g/mol. The first-order chi connectivity index (χ1) is 13.9. The molecule has 29 heavy (non-hydrogen) atoms. The summed E-state index contributed by atoms with van der Waals surface area (Å²) in [6, 6.07) is 20.2. The minimum atomic E-state index is -3.42. The minimum Gasteiger partial charge on any atom is -0.481 e. The smallest absolute Gasteiger partial charge is 0.341 e. The Morgan fingerprint density at radius 3 is 2.41 bits per heavy atom. The van der Waals surface area contributed by atoms with Crippen LogP contribution in [0.4, 0.5) is 0 Å². The summed E-state index contributed by atoms with van der Waals surface area (Å²) in [5.41, 5.74) is 1.70. The fourth-order valence-electron chi connectivity index (χ4n) is 3.24. The summed E-state index contributed by atoms with van der Waals surface area (Å²) in [6.07, 6.45) is 1.60. The topological polar surface area (TPSA) is 80.7 Å². The highest BCUT2D eigenvalue weighted by atomic mass is 32.2. The zero-order valence-electron chi connectivity index (χ0n) is 16.0. The van der Waals surface area contributed by atoms with Crippen LogP contribution in [0.5, 0.6) is 5.75 Å². The maximum Gasteiger partial charge on any atom is 0.341 e. The van der Waals surface area contributed by atoms with Gasteiger partial charge in [-0.15, -0.1) is 0 Å². The van der Waals surface area contributed by atoms with Crippen LogP contribution in [0.3, 0.4) is 0 Å². The highest BCUT2D eigenvalue weighted by molar-refractivity contribution is 7.94. The van der Waals surface area contributed by atoms with E-state index in [9.17, 15) is 13.2 Å². The first-order valence-corrected chi connectivity index (χ1v) is 10.9. The number of carboxylic acids is 1. The van der Waals surface area contributed by atoms with Gasteiger partial charge in [0.15, 0.2) is 16.4 Å². The third-order valence-corrected chi connectivity index (χ3v) is 6.06. The summed E-state index contributed by atoms with van der Waals surface area (Å²) in [4.78, 5) is 10.8. The molecule has 0 fully saturated rings. The third-order valence-electron chi connectivity index (χ3n) is 4.55. The SMILES string of the molecule is CC(CS(=O)(=O)C=Cc1ccccc1)c1cccc2c(OCC(=O)O)cccc12. The molecule has 3 aromatic rings. The Balaban J connectivity index is 1.85. The lowest BCUT2D eigenvalue weighted by atomic mass is 9.95. The van der Waals surface area contributed by atoms with Crippen molar-refractivity contribution in [2.24, 2.45) is 0 Å². The lowest BCUT2D eigenvalue weighted by Gasteiger charge is -2.15. The molecule has 1 unspecified atom stereocenters. The molecule has 0 spiro atoms. The van der Waals surface area contributed by atoms with Crippen LogP contribution in [-0.2, 0) is 14.6 Å². The first kappa shape index (κ1) is 20.6. The molecule has 0 radical (unpaired) electrons. The molecular weight excluding hydrogens is 388 g/mol. The van der Waals surface area contributed by atoms with E-state index >= 15 is 0 Å². The van der Waals surface area contributed by atoms with Gasteiger partial charge in [0, 0.05) is 10.8 Å². The summed E-state index contributed by atoms with van der Waals surface area (Å²) in [5, 5.41) is 11.7. The van der Waals surface area contributed by atoms with Gasteiger partial charge in [0.1, 0.15) is 5.75 Å². The van der Waals surface area contributed by atoms with Crippen molar-refractivity contribution in [2.45, 2.75) is 12.8 Å². The summed E-state index contributed by atoms with van der Waals surface area (Å²) in [5.74, 6) is -0.872.